The van der Waals surface area contributed by atoms with Crippen LogP contribution in [0.3, 0.4) is 0 Å². The summed E-state index contributed by atoms with van der Waals surface area (Å²) in [5.74, 6) is -1.68. The number of aromatic nitrogens is 2. The molecule has 0 aliphatic rings. The van der Waals surface area contributed by atoms with Gasteiger partial charge in [0.05, 0.1) is 0 Å². The van der Waals surface area contributed by atoms with Gasteiger partial charge in [-0.3, -0.25) is 4.90 Å². The van der Waals surface area contributed by atoms with Crippen LogP contribution in [0, 0.1) is 11.6 Å². The van der Waals surface area contributed by atoms with Gasteiger partial charge < -0.3 is 0 Å². The van der Waals surface area contributed by atoms with Crippen molar-refractivity contribution in [3.8, 4) is 0 Å². The van der Waals surface area contributed by atoms with Gasteiger partial charge in [0.15, 0.2) is 11.6 Å². The molecular weight excluding hydrogens is 292 g/mol. The van der Waals surface area contributed by atoms with E-state index in [2.05, 4.69) is 9.59 Å². The van der Waals surface area contributed by atoms with Crippen LogP contribution in [-0.2, 0) is 6.54 Å². The summed E-state index contributed by atoms with van der Waals surface area (Å²) in [6.07, 6.45) is 0. The third-order valence-electron chi connectivity index (χ3n) is 3.00. The summed E-state index contributed by atoms with van der Waals surface area (Å²) in [6, 6.07) is 3.82. The molecule has 1 aromatic carbocycles. The van der Waals surface area contributed by atoms with Crippen LogP contribution in [0.4, 0.5) is 8.78 Å². The van der Waals surface area contributed by atoms with Crippen molar-refractivity contribution in [2.75, 3.05) is 7.05 Å². The molecule has 0 aliphatic carbocycles. The van der Waals surface area contributed by atoms with Crippen LogP contribution in [0.25, 0.3) is 0 Å². The first-order valence-electron chi connectivity index (χ1n) is 5.61. The molecule has 0 N–H and O–H groups in total. The van der Waals surface area contributed by atoms with E-state index < -0.39 is 11.6 Å². The van der Waals surface area contributed by atoms with E-state index in [9.17, 15) is 8.78 Å². The molecule has 0 saturated carbocycles. The summed E-state index contributed by atoms with van der Waals surface area (Å²) in [5, 5.41) is 3.92. The van der Waals surface area contributed by atoms with Crippen LogP contribution in [0.15, 0.2) is 18.2 Å². The largest absolute Gasteiger partial charge is 0.294 e. The van der Waals surface area contributed by atoms with Crippen LogP contribution >= 0.6 is 23.1 Å². The lowest BCUT2D eigenvalue weighted by Gasteiger charge is -2.24. The topological polar surface area (TPSA) is 29.0 Å². The molecular formula is C12H12ClF2N3S. The maximum atomic E-state index is 13.2. The van der Waals surface area contributed by atoms with Gasteiger partial charge in [-0.25, -0.2) is 8.78 Å². The standard InChI is InChI=1S/C12H12ClF2N3S/c1-7(8-3-4-9(14)10(15)5-8)18(2)6-11-12(13)19-17-16-11/h3-5,7H,6H2,1-2H3. The van der Waals surface area contributed by atoms with Gasteiger partial charge in [-0.2, -0.15) is 0 Å². The zero-order valence-electron chi connectivity index (χ0n) is 10.4. The van der Waals surface area contributed by atoms with Gasteiger partial charge in [0.2, 0.25) is 0 Å². The zero-order chi connectivity index (χ0) is 14.0. The summed E-state index contributed by atoms with van der Waals surface area (Å²) >= 11 is 7.06. The number of nitrogens with zero attached hydrogens (tertiary/aromatic N) is 3. The van der Waals surface area contributed by atoms with Gasteiger partial charge in [-0.05, 0) is 31.7 Å². The van der Waals surface area contributed by atoms with Crippen LogP contribution in [-0.4, -0.2) is 21.5 Å². The molecule has 0 bridgehead atoms. The van der Waals surface area contributed by atoms with E-state index >= 15 is 0 Å². The average molecular weight is 304 g/mol. The summed E-state index contributed by atoms with van der Waals surface area (Å²) in [7, 11) is 1.86. The third-order valence-corrected chi connectivity index (χ3v) is 3.98. The second-order valence-corrected chi connectivity index (χ2v) is 5.61. The molecule has 0 aliphatic heterocycles. The van der Waals surface area contributed by atoms with E-state index in [-0.39, 0.29) is 6.04 Å². The van der Waals surface area contributed by atoms with Crippen molar-refractivity contribution < 1.29 is 8.78 Å². The molecule has 1 atom stereocenters. The molecule has 0 fully saturated rings. The zero-order valence-corrected chi connectivity index (χ0v) is 12.0. The third kappa shape index (κ3) is 3.26. The number of halogens is 3. The Labute approximate surface area is 119 Å². The highest BCUT2D eigenvalue weighted by Gasteiger charge is 2.16. The quantitative estimate of drug-likeness (QED) is 0.863. The van der Waals surface area contributed by atoms with E-state index in [1.54, 1.807) is 6.07 Å². The average Bonchev–Trinajstić information content (AvgIpc) is 2.77. The molecule has 1 heterocycles. The van der Waals surface area contributed by atoms with Gasteiger partial charge in [0.1, 0.15) is 10.0 Å². The highest BCUT2D eigenvalue weighted by molar-refractivity contribution is 7.10. The number of benzene rings is 1. The fraction of sp³-hybridized carbons (Fsp3) is 0.333. The molecule has 19 heavy (non-hydrogen) atoms. The van der Waals surface area contributed by atoms with Gasteiger partial charge in [0.25, 0.3) is 0 Å². The smallest absolute Gasteiger partial charge is 0.159 e. The molecule has 0 radical (unpaired) electrons. The minimum absolute atomic E-state index is 0.0899. The lowest BCUT2D eigenvalue weighted by Crippen LogP contribution is -2.22. The summed E-state index contributed by atoms with van der Waals surface area (Å²) in [5.41, 5.74) is 1.38. The van der Waals surface area contributed by atoms with Crippen molar-refractivity contribution in [3.05, 3.63) is 45.4 Å². The highest BCUT2D eigenvalue weighted by Crippen LogP contribution is 2.25. The molecule has 2 aromatic rings. The minimum atomic E-state index is -0.842. The molecule has 1 unspecified atom stereocenters. The monoisotopic (exact) mass is 303 g/mol. The first-order chi connectivity index (χ1) is 8.99. The number of rotatable bonds is 4. The van der Waals surface area contributed by atoms with Crippen LogP contribution in [0.1, 0.15) is 24.2 Å². The van der Waals surface area contributed by atoms with E-state index in [0.29, 0.717) is 22.1 Å². The Kier molecular flexibility index (Phi) is 4.44. The fourth-order valence-electron chi connectivity index (χ4n) is 1.69. The maximum absolute atomic E-state index is 13.2. The van der Waals surface area contributed by atoms with Crippen molar-refractivity contribution in [2.45, 2.75) is 19.5 Å². The van der Waals surface area contributed by atoms with Gasteiger partial charge >= 0.3 is 0 Å². The molecule has 102 valence electrons. The second kappa shape index (κ2) is 5.90. The lowest BCUT2D eigenvalue weighted by molar-refractivity contribution is 0.249. The Hall–Kier alpha value is -1.11. The molecule has 2 rings (SSSR count). The molecule has 1 aromatic heterocycles. The predicted octanol–water partition coefficient (Wildman–Crippen LogP) is 3.66. The van der Waals surface area contributed by atoms with Crippen LogP contribution < -0.4 is 0 Å². The Morgan fingerprint density at radius 2 is 2.11 bits per heavy atom. The summed E-state index contributed by atoms with van der Waals surface area (Å²) < 4.78 is 30.4. The normalized spacial score (nSPS) is 12.9. The van der Waals surface area contributed by atoms with Crippen molar-refractivity contribution in [1.82, 2.24) is 14.5 Å². The van der Waals surface area contributed by atoms with E-state index in [1.807, 2.05) is 18.9 Å². The Morgan fingerprint density at radius 3 is 2.68 bits per heavy atom. The number of hydrogen-bond donors (Lipinski definition) is 0. The Morgan fingerprint density at radius 1 is 1.37 bits per heavy atom. The number of hydrogen-bond acceptors (Lipinski definition) is 4. The van der Waals surface area contributed by atoms with E-state index in [4.69, 9.17) is 11.6 Å². The second-order valence-electron chi connectivity index (χ2n) is 4.26. The Balaban J connectivity index is 2.12. The van der Waals surface area contributed by atoms with Crippen LogP contribution in [0.5, 0.6) is 0 Å². The minimum Gasteiger partial charge on any atom is -0.294 e. The first-order valence-corrected chi connectivity index (χ1v) is 6.76. The van der Waals surface area contributed by atoms with Gasteiger partial charge in [-0.15, -0.1) is 5.10 Å². The van der Waals surface area contributed by atoms with Gasteiger partial charge in [-0.1, -0.05) is 22.2 Å². The SMILES string of the molecule is CC(c1ccc(F)c(F)c1)N(C)Cc1nnsc1Cl. The summed E-state index contributed by atoms with van der Waals surface area (Å²) in [4.78, 5) is 1.94. The molecule has 3 nitrogen and oxygen atoms in total. The van der Waals surface area contributed by atoms with Gasteiger partial charge in [0, 0.05) is 24.1 Å². The highest BCUT2D eigenvalue weighted by atomic mass is 35.5. The molecule has 0 spiro atoms. The first kappa shape index (κ1) is 14.3. The van der Waals surface area contributed by atoms with E-state index in [0.717, 1.165) is 17.6 Å². The van der Waals surface area contributed by atoms with Crippen LogP contribution in [0.2, 0.25) is 4.34 Å². The van der Waals surface area contributed by atoms with Crippen molar-refractivity contribution in [3.63, 3.8) is 0 Å². The lowest BCUT2D eigenvalue weighted by atomic mass is 10.1. The fourth-order valence-corrected chi connectivity index (χ4v) is 2.30. The summed E-state index contributed by atoms with van der Waals surface area (Å²) in [6.45, 7) is 2.40. The molecule has 7 heteroatoms. The van der Waals surface area contributed by atoms with E-state index in [1.165, 1.54) is 6.07 Å². The van der Waals surface area contributed by atoms with Crippen molar-refractivity contribution in [2.24, 2.45) is 0 Å². The molecule has 0 amide bonds. The maximum Gasteiger partial charge on any atom is 0.159 e. The Bertz CT molecular complexity index is 576. The van der Waals surface area contributed by atoms with Crippen molar-refractivity contribution >= 4 is 23.1 Å². The molecule has 0 saturated heterocycles. The predicted molar refractivity (Wildman–Crippen MR) is 71.2 cm³/mol. The van der Waals surface area contributed by atoms with Crippen molar-refractivity contribution in [1.29, 1.82) is 0 Å².